The average molecular weight is 617 g/mol. The van der Waals surface area contributed by atoms with E-state index < -0.39 is 23.7 Å². The molecular weight excluding hydrogens is 592 g/mol. The number of rotatable bonds is 6. The molecule has 0 radical (unpaired) electrons. The number of piperazine rings is 1. The fraction of sp³-hybridized carbons (Fsp3) is 0.250. The van der Waals surface area contributed by atoms with E-state index in [4.69, 9.17) is 22.1 Å². The first kappa shape index (κ1) is 29.9. The van der Waals surface area contributed by atoms with Crippen molar-refractivity contribution in [2.45, 2.75) is 13.1 Å². The van der Waals surface area contributed by atoms with Gasteiger partial charge in [0.15, 0.2) is 5.69 Å². The summed E-state index contributed by atoms with van der Waals surface area (Å²) < 4.78 is 61.8. The van der Waals surface area contributed by atoms with Gasteiger partial charge in [0.05, 0.1) is 23.3 Å². The Bertz CT molecular complexity index is 1720. The fourth-order valence-corrected chi connectivity index (χ4v) is 4.96. The topological polar surface area (TPSA) is 115 Å². The number of fused-ring (bicyclic) bond motifs is 1. The number of benzene rings is 1. The molecular formula is C28H25ClF4N8O2. The van der Waals surface area contributed by atoms with Crippen LogP contribution >= 0.6 is 11.6 Å². The van der Waals surface area contributed by atoms with Gasteiger partial charge >= 0.3 is 12.2 Å². The molecule has 0 unspecified atom stereocenters. The highest BCUT2D eigenvalue weighted by Gasteiger charge is 2.33. The molecule has 0 saturated carbocycles. The number of halogens is 5. The van der Waals surface area contributed by atoms with Gasteiger partial charge in [-0.25, -0.2) is 19.0 Å². The number of primary amides is 1. The maximum atomic E-state index is 15.4. The third-order valence-electron chi connectivity index (χ3n) is 6.62. The lowest BCUT2D eigenvalue weighted by molar-refractivity contribution is -0.141. The number of nitrogens with zero attached hydrogens (tertiary/aromatic N) is 7. The van der Waals surface area contributed by atoms with Gasteiger partial charge < -0.3 is 15.5 Å². The third-order valence-corrected chi connectivity index (χ3v) is 6.94. The molecule has 15 heteroatoms. The summed E-state index contributed by atoms with van der Waals surface area (Å²) in [5.74, 6) is -0.267. The molecule has 10 nitrogen and oxygen atoms in total. The number of aromatic nitrogens is 5. The van der Waals surface area contributed by atoms with Crippen molar-refractivity contribution in [1.29, 1.82) is 0 Å². The summed E-state index contributed by atoms with van der Waals surface area (Å²) in [6.45, 7) is 4.46. The number of alkyl halides is 3. The van der Waals surface area contributed by atoms with E-state index >= 15 is 4.39 Å². The van der Waals surface area contributed by atoms with Gasteiger partial charge in [0.25, 0.3) is 0 Å². The van der Waals surface area contributed by atoms with Crippen LogP contribution in [0.25, 0.3) is 22.2 Å². The standard InChI is InChI=1S/C28H25ClF4N8O2/c1-17-37-23-15-35-8-6-22(30)20(4-5-24(23)41(17)40-12-10-39(11-13-40)16-26(34)42)19-3-2-18(14-21(19)29)43-27-36-9-7-25(38-27)28(31,32)33/h2-9,14-15H,10-13,16H2,1H3,(H2,34,42). The van der Waals surface area contributed by atoms with Crippen LogP contribution in [0.5, 0.6) is 11.8 Å². The summed E-state index contributed by atoms with van der Waals surface area (Å²) in [5.41, 5.74) is 5.83. The number of hydrogen-bond donors (Lipinski definition) is 1. The van der Waals surface area contributed by atoms with Gasteiger partial charge in [-0.2, -0.15) is 18.2 Å². The smallest absolute Gasteiger partial charge is 0.424 e. The maximum Gasteiger partial charge on any atom is 0.433 e. The molecule has 224 valence electrons. The van der Waals surface area contributed by atoms with Gasteiger partial charge in [-0.15, -0.1) is 0 Å². The SMILES string of the molecule is Cc1nc2cnccc(F)c(-c3ccc(Oc4nccc(C(F)(F)F)n4)cc3Cl)ccc2n1N1CCN(CC(N)=O)CC1. The number of aryl methyl sites for hydroxylation is 1. The lowest BCUT2D eigenvalue weighted by Crippen LogP contribution is -2.52. The van der Waals surface area contributed by atoms with E-state index in [0.29, 0.717) is 48.6 Å². The van der Waals surface area contributed by atoms with Gasteiger partial charge in [-0.05, 0) is 43.3 Å². The second-order valence-corrected chi connectivity index (χ2v) is 10.00. The number of carbonyl (C=O) groups excluding carboxylic acids is 1. The Balaban J connectivity index is 1.50. The molecule has 5 rings (SSSR count). The molecule has 1 aromatic carbocycles. The lowest BCUT2D eigenvalue weighted by Gasteiger charge is -2.36. The molecule has 0 atom stereocenters. The van der Waals surface area contributed by atoms with Crippen molar-refractivity contribution >= 4 is 28.5 Å². The molecule has 3 aromatic heterocycles. The largest absolute Gasteiger partial charge is 0.433 e. The Labute approximate surface area is 248 Å². The minimum atomic E-state index is -4.67. The minimum Gasteiger partial charge on any atom is -0.424 e. The van der Waals surface area contributed by atoms with Crippen LogP contribution in [0.1, 0.15) is 11.5 Å². The van der Waals surface area contributed by atoms with Crippen LogP contribution in [0.3, 0.4) is 0 Å². The molecule has 0 spiro atoms. The van der Waals surface area contributed by atoms with Crippen LogP contribution < -0.4 is 15.5 Å². The summed E-state index contributed by atoms with van der Waals surface area (Å²) >= 11 is 6.52. The van der Waals surface area contributed by atoms with Gasteiger partial charge in [0, 0.05) is 55.8 Å². The van der Waals surface area contributed by atoms with Crippen LogP contribution in [0.2, 0.25) is 5.02 Å². The Morgan fingerprint density at radius 2 is 1.77 bits per heavy atom. The second kappa shape index (κ2) is 12.4. The lowest BCUT2D eigenvalue weighted by atomic mass is 10.1. The predicted octanol–water partition coefficient (Wildman–Crippen LogP) is 4.66. The first-order valence-electron chi connectivity index (χ1n) is 13.0. The number of imidazole rings is 1. The maximum absolute atomic E-state index is 15.4. The van der Waals surface area contributed by atoms with Crippen molar-refractivity contribution in [3.05, 3.63) is 83.4 Å². The van der Waals surface area contributed by atoms with E-state index in [-0.39, 0.29) is 28.8 Å². The predicted molar refractivity (Wildman–Crippen MR) is 151 cm³/mol. The normalized spacial score (nSPS) is 14.0. The highest BCUT2D eigenvalue weighted by molar-refractivity contribution is 6.33. The second-order valence-electron chi connectivity index (χ2n) is 9.59. The quantitative estimate of drug-likeness (QED) is 0.311. The molecule has 0 bridgehead atoms. The molecule has 1 fully saturated rings. The van der Waals surface area contributed by atoms with Gasteiger partial charge in [-0.1, -0.05) is 11.6 Å². The van der Waals surface area contributed by atoms with E-state index in [2.05, 4.69) is 24.9 Å². The number of hydrogen-bond acceptors (Lipinski definition) is 8. The summed E-state index contributed by atoms with van der Waals surface area (Å²) in [4.78, 5) is 29.2. The van der Waals surface area contributed by atoms with E-state index in [0.717, 1.165) is 12.3 Å². The van der Waals surface area contributed by atoms with E-state index in [1.54, 1.807) is 12.1 Å². The highest BCUT2D eigenvalue weighted by Crippen LogP contribution is 2.34. The first-order valence-corrected chi connectivity index (χ1v) is 13.4. The molecule has 4 aromatic rings. The monoisotopic (exact) mass is 616 g/mol. The summed E-state index contributed by atoms with van der Waals surface area (Å²) in [6, 6.07) is 8.90. The van der Waals surface area contributed by atoms with Crippen molar-refractivity contribution < 1.29 is 27.1 Å². The number of amides is 1. The van der Waals surface area contributed by atoms with Gasteiger partial charge in [0.1, 0.15) is 22.9 Å². The van der Waals surface area contributed by atoms with Crippen LogP contribution in [0.4, 0.5) is 17.6 Å². The summed E-state index contributed by atoms with van der Waals surface area (Å²) in [6.07, 6.45) is -0.899. The Morgan fingerprint density at radius 1 is 1.02 bits per heavy atom. The van der Waals surface area contributed by atoms with E-state index in [1.165, 1.54) is 36.7 Å². The van der Waals surface area contributed by atoms with Gasteiger partial charge in [0.2, 0.25) is 5.91 Å². The van der Waals surface area contributed by atoms with Crippen molar-refractivity contribution in [3.8, 4) is 22.9 Å². The Morgan fingerprint density at radius 3 is 2.47 bits per heavy atom. The molecule has 4 heterocycles. The van der Waals surface area contributed by atoms with Crippen LogP contribution in [-0.2, 0) is 11.0 Å². The zero-order valence-corrected chi connectivity index (χ0v) is 23.5. The van der Waals surface area contributed by atoms with Crippen molar-refractivity contribution in [2.24, 2.45) is 5.73 Å². The fourth-order valence-electron chi connectivity index (χ4n) is 4.69. The van der Waals surface area contributed by atoms with Crippen molar-refractivity contribution in [1.82, 2.24) is 29.5 Å². The summed E-state index contributed by atoms with van der Waals surface area (Å²) in [7, 11) is 0. The number of carbonyl (C=O) groups is 1. The molecule has 43 heavy (non-hydrogen) atoms. The first-order chi connectivity index (χ1) is 20.5. The number of nitrogens with two attached hydrogens (primary N) is 1. The number of ether oxygens (including phenoxy) is 1. The van der Waals surface area contributed by atoms with Crippen LogP contribution in [0, 0.1) is 12.7 Å². The zero-order valence-electron chi connectivity index (χ0n) is 22.7. The third kappa shape index (κ3) is 6.92. The van der Waals surface area contributed by atoms with E-state index in [9.17, 15) is 18.0 Å². The van der Waals surface area contributed by atoms with Gasteiger partial charge in [-0.3, -0.25) is 14.7 Å². The average Bonchev–Trinajstić information content (AvgIpc) is 3.26. The summed E-state index contributed by atoms with van der Waals surface area (Å²) in [5, 5.41) is 2.15. The molecule has 0 aliphatic carbocycles. The molecule has 1 saturated heterocycles. The van der Waals surface area contributed by atoms with E-state index in [1.807, 2.05) is 16.5 Å². The Hall–Kier alpha value is -4.56. The van der Waals surface area contributed by atoms with Crippen LogP contribution in [0.15, 0.2) is 61.1 Å². The molecule has 2 N–H and O–H groups in total. The zero-order chi connectivity index (χ0) is 30.7. The molecule has 1 amide bonds. The molecule has 1 aliphatic heterocycles. The Kier molecular flexibility index (Phi) is 8.59. The van der Waals surface area contributed by atoms with Crippen molar-refractivity contribution in [2.75, 3.05) is 37.7 Å². The van der Waals surface area contributed by atoms with Crippen molar-refractivity contribution in [3.63, 3.8) is 0 Å². The van der Waals surface area contributed by atoms with Crippen LogP contribution in [-0.4, -0.2) is 68.1 Å². The minimum absolute atomic E-state index is 0.0598. The molecule has 1 aliphatic rings. The highest BCUT2D eigenvalue weighted by atomic mass is 35.5.